The van der Waals surface area contributed by atoms with Crippen molar-refractivity contribution in [1.29, 1.82) is 0 Å². The molecule has 0 bridgehead atoms. The van der Waals surface area contributed by atoms with E-state index >= 15 is 0 Å². The Morgan fingerprint density at radius 2 is 1.76 bits per heavy atom. The summed E-state index contributed by atoms with van der Waals surface area (Å²) in [5.74, 6) is 1.91. The molecule has 4 nitrogen and oxygen atoms in total. The fraction of sp³-hybridized carbons (Fsp3) is 0.538. The van der Waals surface area contributed by atoms with Crippen molar-refractivity contribution in [2.24, 2.45) is 5.92 Å². The van der Waals surface area contributed by atoms with Crippen LogP contribution in [0.5, 0.6) is 11.5 Å². The zero-order valence-electron chi connectivity index (χ0n) is 10.7. The van der Waals surface area contributed by atoms with Gasteiger partial charge in [-0.3, -0.25) is 0 Å². The number of rotatable bonds is 3. The summed E-state index contributed by atoms with van der Waals surface area (Å²) in [7, 11) is 5.03. The Morgan fingerprint density at radius 3 is 2.35 bits per heavy atom. The molecule has 0 fully saturated rings. The van der Waals surface area contributed by atoms with Crippen LogP contribution in [0, 0.1) is 5.92 Å². The zero-order valence-corrected chi connectivity index (χ0v) is 10.7. The molecule has 1 heterocycles. The first-order chi connectivity index (χ1) is 8.21. The molecule has 1 N–H and O–H groups in total. The summed E-state index contributed by atoms with van der Waals surface area (Å²) in [5.41, 5.74) is 2.19. The Kier molecular flexibility index (Phi) is 3.43. The molecule has 0 amide bonds. The molecule has 2 unspecified atom stereocenters. The molecule has 0 aromatic heterocycles. The fourth-order valence-electron chi connectivity index (χ4n) is 2.33. The van der Waals surface area contributed by atoms with Gasteiger partial charge in [0.05, 0.1) is 20.3 Å². The molecule has 4 heteroatoms. The van der Waals surface area contributed by atoms with Crippen LogP contribution in [0.3, 0.4) is 0 Å². The maximum atomic E-state index is 5.57. The van der Waals surface area contributed by atoms with Crippen LogP contribution in [-0.4, -0.2) is 27.9 Å². The zero-order chi connectivity index (χ0) is 12.4. The number of hydrogen-bond acceptors (Lipinski definition) is 4. The standard InChI is InChI=1S/C13H19NO3/c1-8-7-14-10-6-12(16-3)11(15-2)5-9(10)13(8)17-4/h5-6,8,13-14H,7H2,1-4H3. The van der Waals surface area contributed by atoms with E-state index in [1.807, 2.05) is 12.1 Å². The molecule has 0 spiro atoms. The van der Waals surface area contributed by atoms with Gasteiger partial charge in [0.25, 0.3) is 0 Å². The van der Waals surface area contributed by atoms with Gasteiger partial charge in [0.2, 0.25) is 0 Å². The predicted molar refractivity (Wildman–Crippen MR) is 66.9 cm³/mol. The largest absolute Gasteiger partial charge is 0.493 e. The highest BCUT2D eigenvalue weighted by atomic mass is 16.5. The van der Waals surface area contributed by atoms with E-state index in [0.717, 1.165) is 29.3 Å². The third-order valence-electron chi connectivity index (χ3n) is 3.25. The van der Waals surface area contributed by atoms with Gasteiger partial charge in [-0.2, -0.15) is 0 Å². The lowest BCUT2D eigenvalue weighted by Crippen LogP contribution is -2.26. The van der Waals surface area contributed by atoms with Crippen molar-refractivity contribution in [3.05, 3.63) is 17.7 Å². The maximum Gasteiger partial charge on any atom is 0.162 e. The Balaban J connectivity index is 2.48. The van der Waals surface area contributed by atoms with E-state index in [4.69, 9.17) is 14.2 Å². The average Bonchev–Trinajstić information content (AvgIpc) is 2.37. The van der Waals surface area contributed by atoms with Crippen LogP contribution in [0.25, 0.3) is 0 Å². The van der Waals surface area contributed by atoms with E-state index in [-0.39, 0.29) is 6.10 Å². The van der Waals surface area contributed by atoms with E-state index in [0.29, 0.717) is 5.92 Å². The highest BCUT2D eigenvalue weighted by Crippen LogP contribution is 2.41. The molecule has 1 aromatic rings. The first-order valence-corrected chi connectivity index (χ1v) is 5.73. The molecule has 17 heavy (non-hydrogen) atoms. The number of anilines is 1. The molecule has 2 rings (SSSR count). The number of hydrogen-bond donors (Lipinski definition) is 1. The maximum absolute atomic E-state index is 5.57. The molecule has 94 valence electrons. The van der Waals surface area contributed by atoms with Gasteiger partial charge in [-0.05, 0) is 6.07 Å². The monoisotopic (exact) mass is 237 g/mol. The van der Waals surface area contributed by atoms with Crippen molar-refractivity contribution in [2.45, 2.75) is 13.0 Å². The fourth-order valence-corrected chi connectivity index (χ4v) is 2.33. The number of benzene rings is 1. The van der Waals surface area contributed by atoms with Crippen molar-refractivity contribution in [2.75, 3.05) is 33.2 Å². The second-order valence-electron chi connectivity index (χ2n) is 4.31. The smallest absolute Gasteiger partial charge is 0.162 e. The molecule has 1 aromatic carbocycles. The average molecular weight is 237 g/mol. The van der Waals surface area contributed by atoms with Crippen LogP contribution in [0.15, 0.2) is 12.1 Å². The second-order valence-corrected chi connectivity index (χ2v) is 4.31. The third-order valence-corrected chi connectivity index (χ3v) is 3.25. The summed E-state index contributed by atoms with van der Waals surface area (Å²) in [5, 5.41) is 3.39. The van der Waals surface area contributed by atoms with Crippen molar-refractivity contribution in [3.8, 4) is 11.5 Å². The van der Waals surface area contributed by atoms with Gasteiger partial charge in [0.1, 0.15) is 0 Å². The van der Waals surface area contributed by atoms with Gasteiger partial charge < -0.3 is 19.5 Å². The molecule has 0 saturated heterocycles. The Labute approximate surface area is 102 Å². The van der Waals surface area contributed by atoms with Crippen LogP contribution in [0.1, 0.15) is 18.6 Å². The van der Waals surface area contributed by atoms with Crippen LogP contribution in [-0.2, 0) is 4.74 Å². The van der Waals surface area contributed by atoms with Crippen LogP contribution >= 0.6 is 0 Å². The molecule has 2 atom stereocenters. The van der Waals surface area contributed by atoms with Crippen molar-refractivity contribution in [1.82, 2.24) is 0 Å². The van der Waals surface area contributed by atoms with Crippen LogP contribution in [0.4, 0.5) is 5.69 Å². The van der Waals surface area contributed by atoms with Gasteiger partial charge >= 0.3 is 0 Å². The molecule has 1 aliphatic rings. The van der Waals surface area contributed by atoms with Crippen LogP contribution in [0.2, 0.25) is 0 Å². The molecule has 0 aliphatic carbocycles. The number of methoxy groups -OCH3 is 3. The normalized spacial score (nSPS) is 22.6. The summed E-state index contributed by atoms with van der Waals surface area (Å²) in [6.07, 6.45) is 0.103. The summed E-state index contributed by atoms with van der Waals surface area (Å²) in [6.45, 7) is 3.07. The van der Waals surface area contributed by atoms with E-state index in [1.54, 1.807) is 21.3 Å². The van der Waals surface area contributed by atoms with E-state index in [9.17, 15) is 0 Å². The highest BCUT2D eigenvalue weighted by molar-refractivity contribution is 5.62. The Bertz CT molecular complexity index is 406. The van der Waals surface area contributed by atoms with E-state index in [2.05, 4.69) is 12.2 Å². The van der Waals surface area contributed by atoms with Gasteiger partial charge in [0, 0.05) is 36.9 Å². The number of nitrogens with one attached hydrogen (secondary N) is 1. The summed E-state index contributed by atoms with van der Waals surface area (Å²) >= 11 is 0. The molecular weight excluding hydrogens is 218 g/mol. The summed E-state index contributed by atoms with van der Waals surface area (Å²) in [4.78, 5) is 0. The lowest BCUT2D eigenvalue weighted by Gasteiger charge is -2.32. The minimum absolute atomic E-state index is 0.103. The van der Waals surface area contributed by atoms with Gasteiger partial charge in [-0.25, -0.2) is 0 Å². The van der Waals surface area contributed by atoms with Crippen molar-refractivity contribution >= 4 is 5.69 Å². The number of fused-ring (bicyclic) bond motifs is 1. The first-order valence-electron chi connectivity index (χ1n) is 5.73. The second kappa shape index (κ2) is 4.84. The highest BCUT2D eigenvalue weighted by Gasteiger charge is 2.28. The minimum atomic E-state index is 0.103. The van der Waals surface area contributed by atoms with E-state index < -0.39 is 0 Å². The molecular formula is C13H19NO3. The predicted octanol–water partition coefficient (Wildman–Crippen LogP) is 2.45. The van der Waals surface area contributed by atoms with Gasteiger partial charge in [-0.15, -0.1) is 0 Å². The van der Waals surface area contributed by atoms with E-state index in [1.165, 1.54) is 0 Å². The Morgan fingerprint density at radius 1 is 1.12 bits per heavy atom. The Hall–Kier alpha value is -1.42. The van der Waals surface area contributed by atoms with Crippen molar-refractivity contribution in [3.63, 3.8) is 0 Å². The van der Waals surface area contributed by atoms with Crippen LogP contribution < -0.4 is 14.8 Å². The lowest BCUT2D eigenvalue weighted by molar-refractivity contribution is 0.0594. The van der Waals surface area contributed by atoms with Gasteiger partial charge in [-0.1, -0.05) is 6.92 Å². The topological polar surface area (TPSA) is 39.7 Å². The molecule has 1 aliphatic heterocycles. The van der Waals surface area contributed by atoms with Crippen molar-refractivity contribution < 1.29 is 14.2 Å². The number of ether oxygens (including phenoxy) is 3. The molecule has 0 radical (unpaired) electrons. The molecule has 0 saturated carbocycles. The SMILES string of the molecule is COc1cc2c(cc1OC)C(OC)C(C)CN2. The first kappa shape index (κ1) is 12.0. The summed E-state index contributed by atoms with van der Waals surface area (Å²) < 4.78 is 16.2. The van der Waals surface area contributed by atoms with Gasteiger partial charge in [0.15, 0.2) is 11.5 Å². The minimum Gasteiger partial charge on any atom is -0.493 e. The quantitative estimate of drug-likeness (QED) is 0.876. The lowest BCUT2D eigenvalue weighted by atomic mass is 9.91. The summed E-state index contributed by atoms with van der Waals surface area (Å²) in [6, 6.07) is 3.96. The third kappa shape index (κ3) is 2.05.